The predicted octanol–water partition coefficient (Wildman–Crippen LogP) is 15.8. The van der Waals surface area contributed by atoms with Crippen molar-refractivity contribution in [3.63, 3.8) is 0 Å². The zero-order chi connectivity index (χ0) is 45.4. The number of aromatic nitrogens is 6. The molecule has 69 heavy (non-hydrogen) atoms. The van der Waals surface area contributed by atoms with Crippen LogP contribution in [0, 0.1) is 0 Å². The molecule has 0 fully saturated rings. The van der Waals surface area contributed by atoms with E-state index >= 15 is 0 Å². The molecule has 0 aliphatic rings. The van der Waals surface area contributed by atoms with Crippen molar-refractivity contribution in [2.45, 2.75) is 0 Å². The van der Waals surface area contributed by atoms with Gasteiger partial charge in [-0.15, -0.1) is 0 Å². The second-order valence-corrected chi connectivity index (χ2v) is 17.7. The van der Waals surface area contributed by atoms with Crippen LogP contribution < -0.4 is 0 Å². The third-order valence-corrected chi connectivity index (χ3v) is 13.7. The highest BCUT2D eigenvalue weighted by Gasteiger charge is 2.20. The molecular formula is C63H40N6. The van der Waals surface area contributed by atoms with E-state index in [4.69, 9.17) is 15.0 Å². The Labute approximate surface area is 397 Å². The first-order valence-electron chi connectivity index (χ1n) is 23.3. The Morgan fingerprint density at radius 1 is 0.290 bits per heavy atom. The summed E-state index contributed by atoms with van der Waals surface area (Å²) in [6.45, 7) is 0. The quantitative estimate of drug-likeness (QED) is 0.160. The molecule has 0 radical (unpaired) electrons. The number of hydrogen-bond acceptors (Lipinski definition) is 3. The summed E-state index contributed by atoms with van der Waals surface area (Å²) in [5.74, 6) is 0.876. The van der Waals surface area contributed by atoms with Crippen molar-refractivity contribution >= 4 is 65.5 Å². The number of para-hydroxylation sites is 3. The van der Waals surface area contributed by atoms with E-state index in [1.54, 1.807) is 0 Å². The molecule has 0 aliphatic heterocycles. The van der Waals surface area contributed by atoms with E-state index in [1.165, 1.54) is 16.2 Å². The lowest BCUT2D eigenvalue weighted by Crippen LogP contribution is -2.00. The van der Waals surface area contributed by atoms with E-state index in [2.05, 4.69) is 226 Å². The minimum absolute atomic E-state index is 0.876. The van der Waals surface area contributed by atoms with Crippen LogP contribution in [0.5, 0.6) is 0 Å². The van der Waals surface area contributed by atoms with Gasteiger partial charge in [0.15, 0.2) is 0 Å². The molecule has 14 rings (SSSR count). The Hall–Kier alpha value is -9.39. The first kappa shape index (κ1) is 38.8. The summed E-state index contributed by atoms with van der Waals surface area (Å²) in [7, 11) is 0. The smallest absolute Gasteiger partial charge is 0.138 e. The number of fused-ring (bicyclic) bond motifs is 9. The number of benzene rings is 8. The first-order valence-corrected chi connectivity index (χ1v) is 23.3. The zero-order valence-electron chi connectivity index (χ0n) is 37.3. The monoisotopic (exact) mass is 880 g/mol. The summed E-state index contributed by atoms with van der Waals surface area (Å²) in [6.07, 6.45) is 5.85. The zero-order valence-corrected chi connectivity index (χ0v) is 37.3. The second kappa shape index (κ2) is 15.6. The fourth-order valence-corrected chi connectivity index (χ4v) is 10.6. The van der Waals surface area contributed by atoms with Gasteiger partial charge >= 0.3 is 0 Å². The molecule has 0 amide bonds. The van der Waals surface area contributed by atoms with Crippen LogP contribution in [0.2, 0.25) is 0 Å². The molecule has 6 heterocycles. The maximum atomic E-state index is 5.34. The Morgan fingerprint density at radius 2 is 0.870 bits per heavy atom. The highest BCUT2D eigenvalue weighted by Crippen LogP contribution is 2.40. The van der Waals surface area contributed by atoms with E-state index in [9.17, 15) is 0 Å². The van der Waals surface area contributed by atoms with Crippen molar-refractivity contribution in [3.05, 3.63) is 243 Å². The SMILES string of the molecule is c1ccc(-c2cc(-c3ccccc3)nc(-n3c4ccccc4c4cc(-c5cncc(-c6ccc7c8ccccc8n(-c8ccc9c(c8)c8ncccc8n9-c8ccccc8)c7c6)c5)ccc43)c2)cc1. The fourth-order valence-electron chi connectivity index (χ4n) is 10.6. The molecular weight excluding hydrogens is 841 g/mol. The van der Waals surface area contributed by atoms with Crippen LogP contribution in [0.3, 0.4) is 0 Å². The summed E-state index contributed by atoms with van der Waals surface area (Å²) in [5, 5.41) is 5.85. The van der Waals surface area contributed by atoms with E-state index in [-0.39, 0.29) is 0 Å². The summed E-state index contributed by atoms with van der Waals surface area (Å²) in [4.78, 5) is 15.1. The van der Waals surface area contributed by atoms with Crippen molar-refractivity contribution in [1.29, 1.82) is 0 Å². The summed E-state index contributed by atoms with van der Waals surface area (Å²) >= 11 is 0. The number of nitrogens with zero attached hydrogens (tertiary/aromatic N) is 6. The molecule has 0 unspecified atom stereocenters. The highest BCUT2D eigenvalue weighted by atomic mass is 15.1. The van der Waals surface area contributed by atoms with Crippen LogP contribution >= 0.6 is 0 Å². The van der Waals surface area contributed by atoms with Gasteiger partial charge in [0.2, 0.25) is 0 Å². The van der Waals surface area contributed by atoms with Crippen LogP contribution in [0.1, 0.15) is 0 Å². The third kappa shape index (κ3) is 6.30. The minimum Gasteiger partial charge on any atom is -0.309 e. The van der Waals surface area contributed by atoms with Crippen LogP contribution in [-0.2, 0) is 0 Å². The van der Waals surface area contributed by atoms with Gasteiger partial charge in [0.05, 0.1) is 44.3 Å². The van der Waals surface area contributed by atoms with Crippen molar-refractivity contribution in [2.24, 2.45) is 0 Å². The Morgan fingerprint density at radius 3 is 1.65 bits per heavy atom. The molecule has 8 aromatic carbocycles. The molecule has 0 saturated heterocycles. The number of pyridine rings is 3. The average Bonchev–Trinajstić information content (AvgIpc) is 4.06. The third-order valence-electron chi connectivity index (χ3n) is 13.7. The van der Waals surface area contributed by atoms with E-state index in [1.807, 2.05) is 30.7 Å². The summed E-state index contributed by atoms with van der Waals surface area (Å²) in [5.41, 5.74) is 18.5. The van der Waals surface area contributed by atoms with Crippen molar-refractivity contribution < 1.29 is 0 Å². The Kier molecular flexibility index (Phi) is 8.79. The van der Waals surface area contributed by atoms with Crippen LogP contribution in [-0.4, -0.2) is 28.7 Å². The van der Waals surface area contributed by atoms with E-state index in [0.29, 0.717) is 0 Å². The van der Waals surface area contributed by atoms with Crippen molar-refractivity contribution in [3.8, 4) is 61.8 Å². The van der Waals surface area contributed by atoms with Crippen molar-refractivity contribution in [2.75, 3.05) is 0 Å². The van der Waals surface area contributed by atoms with E-state index in [0.717, 1.165) is 111 Å². The summed E-state index contributed by atoms with van der Waals surface area (Å²) in [6, 6.07) is 80.2. The standard InChI is InChI=1S/C63H40N6/c1-4-15-41(16-5-1)45-35-55(42-17-6-2-7-18-42)66-62(37-45)69-57-24-13-11-22-51(57)53-34-43(27-30-58(53)69)46-33-47(40-64-39-46)44-26-29-52-50-21-10-12-23-56(50)68(61(52)36-44)49-28-31-59-54(38-49)63-60(25-14-32-65-63)67(59)48-19-8-3-9-20-48/h1-40H. The maximum absolute atomic E-state index is 5.34. The number of hydrogen-bond donors (Lipinski definition) is 0. The molecule has 0 saturated carbocycles. The van der Waals surface area contributed by atoms with E-state index < -0.39 is 0 Å². The lowest BCUT2D eigenvalue weighted by molar-refractivity contribution is 1.08. The lowest BCUT2D eigenvalue weighted by atomic mass is 9.99. The summed E-state index contributed by atoms with van der Waals surface area (Å²) < 4.78 is 7.02. The normalized spacial score (nSPS) is 11.8. The maximum Gasteiger partial charge on any atom is 0.138 e. The number of rotatable bonds is 7. The molecule has 6 heteroatoms. The van der Waals surface area contributed by atoms with Crippen LogP contribution in [0.4, 0.5) is 0 Å². The van der Waals surface area contributed by atoms with Crippen molar-refractivity contribution in [1.82, 2.24) is 28.7 Å². The van der Waals surface area contributed by atoms with Gasteiger partial charge in [0.1, 0.15) is 5.82 Å². The molecule has 322 valence electrons. The highest BCUT2D eigenvalue weighted by molar-refractivity contribution is 6.13. The topological polar surface area (TPSA) is 53.5 Å². The molecule has 0 aliphatic carbocycles. The molecule has 0 N–H and O–H groups in total. The van der Waals surface area contributed by atoms with Gasteiger partial charge in [-0.3, -0.25) is 14.5 Å². The van der Waals surface area contributed by atoms with Crippen LogP contribution in [0.15, 0.2) is 243 Å². The average molecular weight is 881 g/mol. The minimum atomic E-state index is 0.876. The molecule has 0 spiro atoms. The molecule has 14 aromatic rings. The molecule has 0 atom stereocenters. The molecule has 6 aromatic heterocycles. The van der Waals surface area contributed by atoms with Gasteiger partial charge in [-0.2, -0.15) is 0 Å². The van der Waals surface area contributed by atoms with Gasteiger partial charge in [-0.05, 0) is 113 Å². The Balaban J connectivity index is 0.890. The van der Waals surface area contributed by atoms with Crippen LogP contribution in [0.25, 0.3) is 127 Å². The van der Waals surface area contributed by atoms with Gasteiger partial charge in [-0.1, -0.05) is 133 Å². The molecule has 0 bridgehead atoms. The molecule has 6 nitrogen and oxygen atoms in total. The second-order valence-electron chi connectivity index (χ2n) is 17.7. The van der Waals surface area contributed by atoms with Gasteiger partial charge in [-0.25, -0.2) is 4.98 Å². The van der Waals surface area contributed by atoms with Gasteiger partial charge < -0.3 is 9.13 Å². The lowest BCUT2D eigenvalue weighted by Gasteiger charge is -2.13. The largest absolute Gasteiger partial charge is 0.309 e. The Bertz CT molecular complexity index is 4240. The van der Waals surface area contributed by atoms with Gasteiger partial charge in [0, 0.05) is 73.6 Å². The van der Waals surface area contributed by atoms with Gasteiger partial charge in [0.25, 0.3) is 0 Å². The predicted molar refractivity (Wildman–Crippen MR) is 285 cm³/mol. The fraction of sp³-hybridized carbons (Fsp3) is 0. The first-order chi connectivity index (χ1) is 34.2.